The predicted octanol–water partition coefficient (Wildman–Crippen LogP) is 3.32. The lowest BCUT2D eigenvalue weighted by atomic mass is 10.2. The van der Waals surface area contributed by atoms with Gasteiger partial charge in [-0.15, -0.1) is 0 Å². The second-order valence-corrected chi connectivity index (χ2v) is 5.81. The average molecular weight is 359 g/mol. The molecule has 0 saturated heterocycles. The normalized spacial score (nSPS) is 10.6. The fourth-order valence-corrected chi connectivity index (χ4v) is 2.65. The SMILES string of the molecule is COc1ccc(-n2ccc(C(=O)Nc3ccc(-n4ccnc4)cc3)n2)cc1. The van der Waals surface area contributed by atoms with Gasteiger partial charge in [-0.25, -0.2) is 9.67 Å². The number of hydrogen-bond acceptors (Lipinski definition) is 4. The lowest BCUT2D eigenvalue weighted by Gasteiger charge is -2.06. The summed E-state index contributed by atoms with van der Waals surface area (Å²) in [7, 11) is 1.62. The van der Waals surface area contributed by atoms with Crippen molar-refractivity contribution in [1.29, 1.82) is 0 Å². The van der Waals surface area contributed by atoms with Gasteiger partial charge in [-0.2, -0.15) is 5.10 Å². The van der Waals surface area contributed by atoms with Crippen molar-refractivity contribution in [2.24, 2.45) is 0 Å². The van der Waals surface area contributed by atoms with Crippen LogP contribution < -0.4 is 10.1 Å². The standard InChI is InChI=1S/C20H17N5O2/c1-27-18-8-6-17(7-9-18)25-12-10-19(23-25)20(26)22-15-2-4-16(5-3-15)24-13-11-21-14-24/h2-14H,1H3,(H,22,26). The van der Waals surface area contributed by atoms with Crippen LogP contribution in [0, 0.1) is 0 Å². The van der Waals surface area contributed by atoms with Crippen molar-refractivity contribution in [1.82, 2.24) is 19.3 Å². The number of nitrogens with one attached hydrogen (secondary N) is 1. The van der Waals surface area contributed by atoms with E-state index in [1.807, 2.05) is 59.3 Å². The Labute approximate surface area is 155 Å². The molecular formula is C20H17N5O2. The van der Waals surface area contributed by atoms with E-state index < -0.39 is 0 Å². The van der Waals surface area contributed by atoms with E-state index in [0.717, 1.165) is 17.1 Å². The zero-order valence-electron chi connectivity index (χ0n) is 14.6. The van der Waals surface area contributed by atoms with E-state index in [-0.39, 0.29) is 5.91 Å². The van der Waals surface area contributed by atoms with Crippen LogP contribution in [-0.2, 0) is 0 Å². The third-order valence-electron chi connectivity index (χ3n) is 4.09. The molecule has 0 atom stereocenters. The molecular weight excluding hydrogens is 342 g/mol. The van der Waals surface area contributed by atoms with Crippen molar-refractivity contribution in [2.75, 3.05) is 12.4 Å². The summed E-state index contributed by atoms with van der Waals surface area (Å²) in [4.78, 5) is 16.5. The molecule has 7 nitrogen and oxygen atoms in total. The number of carbonyl (C=O) groups excluding carboxylic acids is 1. The Kier molecular flexibility index (Phi) is 4.40. The number of benzene rings is 2. The van der Waals surface area contributed by atoms with Crippen molar-refractivity contribution in [3.8, 4) is 17.1 Å². The predicted molar refractivity (Wildman–Crippen MR) is 102 cm³/mol. The molecule has 0 bridgehead atoms. The second-order valence-electron chi connectivity index (χ2n) is 5.81. The highest BCUT2D eigenvalue weighted by molar-refractivity contribution is 6.02. The van der Waals surface area contributed by atoms with Gasteiger partial charge in [-0.05, 0) is 54.6 Å². The van der Waals surface area contributed by atoms with Crippen LogP contribution in [0.25, 0.3) is 11.4 Å². The quantitative estimate of drug-likeness (QED) is 0.593. The first-order valence-corrected chi connectivity index (χ1v) is 8.33. The Morgan fingerprint density at radius 3 is 2.37 bits per heavy atom. The molecule has 2 heterocycles. The van der Waals surface area contributed by atoms with Gasteiger partial charge in [0.2, 0.25) is 0 Å². The molecule has 0 saturated carbocycles. The zero-order chi connectivity index (χ0) is 18.6. The number of rotatable bonds is 5. The van der Waals surface area contributed by atoms with Crippen LogP contribution in [0.2, 0.25) is 0 Å². The van der Waals surface area contributed by atoms with Crippen LogP contribution in [0.4, 0.5) is 5.69 Å². The number of ether oxygens (including phenoxy) is 1. The zero-order valence-corrected chi connectivity index (χ0v) is 14.6. The summed E-state index contributed by atoms with van der Waals surface area (Å²) in [6.45, 7) is 0. The minimum Gasteiger partial charge on any atom is -0.497 e. The van der Waals surface area contributed by atoms with E-state index in [1.165, 1.54) is 0 Å². The molecule has 0 aliphatic carbocycles. The maximum Gasteiger partial charge on any atom is 0.276 e. The summed E-state index contributed by atoms with van der Waals surface area (Å²) in [5.74, 6) is 0.501. The number of aromatic nitrogens is 4. The number of anilines is 1. The van der Waals surface area contributed by atoms with Gasteiger partial charge in [-0.1, -0.05) is 0 Å². The van der Waals surface area contributed by atoms with E-state index in [4.69, 9.17) is 4.74 Å². The molecule has 7 heteroatoms. The first kappa shape index (κ1) is 16.6. The molecule has 0 fully saturated rings. The summed E-state index contributed by atoms with van der Waals surface area (Å²) in [5.41, 5.74) is 2.85. The van der Waals surface area contributed by atoms with Crippen LogP contribution in [0.3, 0.4) is 0 Å². The van der Waals surface area contributed by atoms with Gasteiger partial charge in [0.15, 0.2) is 5.69 Å². The van der Waals surface area contributed by atoms with Crippen LogP contribution in [0.1, 0.15) is 10.5 Å². The maximum absolute atomic E-state index is 12.5. The van der Waals surface area contributed by atoms with Gasteiger partial charge in [0.25, 0.3) is 5.91 Å². The number of amides is 1. The molecule has 134 valence electrons. The smallest absolute Gasteiger partial charge is 0.276 e. The maximum atomic E-state index is 12.5. The highest BCUT2D eigenvalue weighted by atomic mass is 16.5. The van der Waals surface area contributed by atoms with Crippen LogP contribution in [0.5, 0.6) is 5.75 Å². The molecule has 0 aliphatic heterocycles. The van der Waals surface area contributed by atoms with Crippen LogP contribution in [-0.4, -0.2) is 32.3 Å². The summed E-state index contributed by atoms with van der Waals surface area (Å²) in [5, 5.41) is 7.20. The number of imidazole rings is 1. The summed E-state index contributed by atoms with van der Waals surface area (Å²) >= 11 is 0. The van der Waals surface area contributed by atoms with Gasteiger partial charge in [0, 0.05) is 30.0 Å². The number of methoxy groups -OCH3 is 1. The largest absolute Gasteiger partial charge is 0.497 e. The van der Waals surface area contributed by atoms with Gasteiger partial charge < -0.3 is 14.6 Å². The molecule has 2 aromatic carbocycles. The average Bonchev–Trinajstić information content (AvgIpc) is 3.41. The number of hydrogen-bond donors (Lipinski definition) is 1. The summed E-state index contributed by atoms with van der Waals surface area (Å²) < 4.78 is 8.69. The fraction of sp³-hybridized carbons (Fsp3) is 0.0500. The molecule has 4 aromatic rings. The van der Waals surface area contributed by atoms with Gasteiger partial charge in [0.05, 0.1) is 19.1 Å². The van der Waals surface area contributed by atoms with Gasteiger partial charge in [0.1, 0.15) is 5.75 Å². The lowest BCUT2D eigenvalue weighted by molar-refractivity contribution is 0.102. The summed E-state index contributed by atoms with van der Waals surface area (Å²) in [6, 6.07) is 16.6. The highest BCUT2D eigenvalue weighted by Gasteiger charge is 2.11. The molecule has 0 spiro atoms. The molecule has 2 aromatic heterocycles. The Morgan fingerprint density at radius 2 is 1.70 bits per heavy atom. The van der Waals surface area contributed by atoms with Crippen molar-refractivity contribution in [2.45, 2.75) is 0 Å². The van der Waals surface area contributed by atoms with Crippen LogP contribution in [0.15, 0.2) is 79.5 Å². The highest BCUT2D eigenvalue weighted by Crippen LogP contribution is 2.16. The van der Waals surface area contributed by atoms with E-state index >= 15 is 0 Å². The third kappa shape index (κ3) is 3.57. The minimum absolute atomic E-state index is 0.266. The van der Waals surface area contributed by atoms with E-state index in [9.17, 15) is 4.79 Å². The van der Waals surface area contributed by atoms with Crippen molar-refractivity contribution >= 4 is 11.6 Å². The first-order valence-electron chi connectivity index (χ1n) is 8.33. The van der Waals surface area contributed by atoms with E-state index in [2.05, 4.69) is 15.4 Å². The third-order valence-corrected chi connectivity index (χ3v) is 4.09. The van der Waals surface area contributed by atoms with Crippen molar-refractivity contribution in [3.05, 3.63) is 85.2 Å². The monoisotopic (exact) mass is 359 g/mol. The lowest BCUT2D eigenvalue weighted by Crippen LogP contribution is -2.13. The summed E-state index contributed by atoms with van der Waals surface area (Å²) in [6.07, 6.45) is 7.05. The van der Waals surface area contributed by atoms with Crippen LogP contribution >= 0.6 is 0 Å². The first-order chi connectivity index (χ1) is 13.2. The topological polar surface area (TPSA) is 74.0 Å². The Hall–Kier alpha value is -3.87. The van der Waals surface area contributed by atoms with Gasteiger partial charge >= 0.3 is 0 Å². The fourth-order valence-electron chi connectivity index (χ4n) is 2.65. The number of nitrogens with zero attached hydrogens (tertiary/aromatic N) is 4. The van der Waals surface area contributed by atoms with Gasteiger partial charge in [-0.3, -0.25) is 4.79 Å². The van der Waals surface area contributed by atoms with E-state index in [0.29, 0.717) is 11.4 Å². The van der Waals surface area contributed by atoms with Crippen molar-refractivity contribution < 1.29 is 9.53 Å². The Balaban J connectivity index is 1.46. The Bertz CT molecular complexity index is 1030. The molecule has 0 unspecified atom stereocenters. The minimum atomic E-state index is -0.266. The molecule has 27 heavy (non-hydrogen) atoms. The molecule has 0 radical (unpaired) electrons. The molecule has 1 N–H and O–H groups in total. The Morgan fingerprint density at radius 1 is 0.963 bits per heavy atom. The molecule has 0 aliphatic rings. The number of carbonyl (C=O) groups is 1. The van der Waals surface area contributed by atoms with Crippen molar-refractivity contribution in [3.63, 3.8) is 0 Å². The molecule has 1 amide bonds. The second kappa shape index (κ2) is 7.17. The van der Waals surface area contributed by atoms with E-state index in [1.54, 1.807) is 36.6 Å². The molecule has 4 rings (SSSR count).